The molecule has 0 bridgehead atoms. The molecule has 6 rings (SSSR count). The largest absolute Gasteiger partial charge is 0.492 e. The number of hydrogen-bond acceptors (Lipinski definition) is 4. The van der Waals surface area contributed by atoms with Crippen LogP contribution in [0, 0.1) is 10.4 Å². The van der Waals surface area contributed by atoms with Crippen molar-refractivity contribution >= 4 is 29.0 Å². The van der Waals surface area contributed by atoms with Crippen LogP contribution in [0.1, 0.15) is 48.2 Å². The molecule has 2 N–H and O–H groups in total. The van der Waals surface area contributed by atoms with Crippen LogP contribution in [-0.4, -0.2) is 30.4 Å². The predicted octanol–water partition coefficient (Wildman–Crippen LogP) is 5.07. The van der Waals surface area contributed by atoms with Crippen molar-refractivity contribution < 1.29 is 14.3 Å². The normalized spacial score (nSPS) is 13.7. The number of anilines is 1. The number of fused-ring (bicyclic) bond motifs is 4. The molecule has 5 nitrogen and oxygen atoms in total. The monoisotopic (exact) mass is 556 g/mol. The fourth-order valence-corrected chi connectivity index (χ4v) is 5.93. The van der Waals surface area contributed by atoms with Gasteiger partial charge in [-0.15, -0.1) is 0 Å². The Kier molecular flexibility index (Phi) is 7.77. The van der Waals surface area contributed by atoms with Crippen molar-refractivity contribution in [3.05, 3.63) is 129 Å². The molecule has 0 aliphatic heterocycles. The minimum Gasteiger partial charge on any atom is -0.492 e. The summed E-state index contributed by atoms with van der Waals surface area (Å²) in [5, 5.41) is 11.1. The maximum Gasteiger partial charge on any atom is 0.238 e. The average molecular weight is 557 g/mol. The van der Waals surface area contributed by atoms with E-state index in [1.165, 1.54) is 26.8 Å². The topological polar surface area (TPSA) is 67.4 Å². The molecular formula is C37H36N2O3. The van der Waals surface area contributed by atoms with Gasteiger partial charge in [0.15, 0.2) is 5.78 Å². The van der Waals surface area contributed by atoms with E-state index in [4.69, 9.17) is 4.74 Å². The van der Waals surface area contributed by atoms with Crippen molar-refractivity contribution in [2.75, 3.05) is 18.5 Å². The van der Waals surface area contributed by atoms with Crippen LogP contribution in [0.4, 0.5) is 5.69 Å². The molecule has 2 aliphatic rings. The van der Waals surface area contributed by atoms with Gasteiger partial charge in [-0.2, -0.15) is 0 Å². The minimum absolute atomic E-state index is 0.0656. The molecule has 0 spiro atoms. The number of hydrogen-bond donors (Lipinski definition) is 2. The van der Waals surface area contributed by atoms with Crippen LogP contribution in [0.15, 0.2) is 91.0 Å². The second-order valence-electron chi connectivity index (χ2n) is 11.7. The van der Waals surface area contributed by atoms with E-state index in [1.54, 1.807) is 12.1 Å². The Labute approximate surface area is 246 Å². The van der Waals surface area contributed by atoms with Gasteiger partial charge in [0.2, 0.25) is 5.91 Å². The van der Waals surface area contributed by atoms with Gasteiger partial charge in [-0.3, -0.25) is 9.59 Å². The van der Waals surface area contributed by atoms with Crippen LogP contribution in [0.3, 0.4) is 0 Å². The van der Waals surface area contributed by atoms with E-state index in [0.717, 1.165) is 42.2 Å². The average Bonchev–Trinajstić information content (AvgIpc) is 3.03. The third-order valence-corrected chi connectivity index (χ3v) is 8.16. The highest BCUT2D eigenvalue weighted by molar-refractivity contribution is 6.24. The first-order valence-electron chi connectivity index (χ1n) is 14.7. The van der Waals surface area contributed by atoms with Gasteiger partial charge < -0.3 is 15.4 Å². The summed E-state index contributed by atoms with van der Waals surface area (Å²) in [6, 6.07) is 29.7. The molecule has 0 aromatic heterocycles. The zero-order valence-electron chi connectivity index (χ0n) is 24.2. The molecule has 2 aliphatic carbocycles. The van der Waals surface area contributed by atoms with E-state index in [1.807, 2.05) is 56.3 Å². The number of carbonyl (C=O) groups is 2. The Morgan fingerprint density at radius 1 is 0.786 bits per heavy atom. The quantitative estimate of drug-likeness (QED) is 0.283. The predicted molar refractivity (Wildman–Crippen MR) is 168 cm³/mol. The van der Waals surface area contributed by atoms with Crippen molar-refractivity contribution in [1.82, 2.24) is 5.32 Å². The molecule has 4 aromatic carbocycles. The van der Waals surface area contributed by atoms with Gasteiger partial charge in [0.05, 0.1) is 6.54 Å². The number of ether oxygens (including phenoxy) is 1. The highest BCUT2D eigenvalue weighted by atomic mass is 16.5. The molecule has 212 valence electrons. The fraction of sp³-hybridized carbons (Fsp3) is 0.243. The highest BCUT2D eigenvalue weighted by Gasteiger charge is 2.22. The second kappa shape index (κ2) is 11.8. The molecule has 0 heterocycles. The number of ketones is 1. The summed E-state index contributed by atoms with van der Waals surface area (Å²) >= 11 is 0. The van der Waals surface area contributed by atoms with E-state index in [2.05, 4.69) is 53.1 Å². The molecule has 0 atom stereocenters. The zero-order valence-corrected chi connectivity index (χ0v) is 24.2. The van der Waals surface area contributed by atoms with Gasteiger partial charge in [-0.05, 0) is 108 Å². The number of benzene rings is 4. The van der Waals surface area contributed by atoms with Crippen molar-refractivity contribution in [3.8, 4) is 5.75 Å². The van der Waals surface area contributed by atoms with Gasteiger partial charge in [0.1, 0.15) is 12.4 Å². The van der Waals surface area contributed by atoms with E-state index in [-0.39, 0.29) is 18.2 Å². The van der Waals surface area contributed by atoms with E-state index in [9.17, 15) is 9.59 Å². The summed E-state index contributed by atoms with van der Waals surface area (Å²) in [4.78, 5) is 26.3. The Hall–Kier alpha value is -4.48. The molecule has 0 fully saturated rings. The first-order valence-corrected chi connectivity index (χ1v) is 14.7. The van der Waals surface area contributed by atoms with E-state index >= 15 is 0 Å². The van der Waals surface area contributed by atoms with Crippen LogP contribution in [0.2, 0.25) is 0 Å². The van der Waals surface area contributed by atoms with Crippen LogP contribution in [-0.2, 0) is 17.6 Å². The van der Waals surface area contributed by atoms with Gasteiger partial charge in [0.25, 0.3) is 0 Å². The lowest BCUT2D eigenvalue weighted by molar-refractivity contribution is -0.115. The Bertz CT molecular complexity index is 1860. The van der Waals surface area contributed by atoms with Crippen molar-refractivity contribution in [2.45, 2.75) is 45.1 Å². The smallest absolute Gasteiger partial charge is 0.238 e. The number of rotatable bonds is 9. The van der Waals surface area contributed by atoms with Crippen LogP contribution < -0.4 is 25.8 Å². The molecule has 0 saturated heterocycles. The standard InChI is InChI=1S/C37H36N2O3/c1-37(2,24-42-28-10-4-3-5-11-28)38-23-35(40)39-27-18-15-26(16-19-27)36(41)34-14-8-13-30-32-20-17-25-9-6-7-12-29(25)31(32)21-22-33(30)34/h3-7,9-12,15-19,21-22,38H,8,13-14,20,23-24H2,1-2H3,(H,39,40). The van der Waals surface area contributed by atoms with Crippen LogP contribution in [0.5, 0.6) is 5.75 Å². The minimum atomic E-state index is -0.391. The summed E-state index contributed by atoms with van der Waals surface area (Å²) < 4.78 is 5.84. The zero-order chi connectivity index (χ0) is 29.1. The molecule has 0 saturated carbocycles. The lowest BCUT2D eigenvalue weighted by Gasteiger charge is -2.26. The second-order valence-corrected chi connectivity index (χ2v) is 11.7. The summed E-state index contributed by atoms with van der Waals surface area (Å²) in [6.07, 6.45) is 5.95. The number of carbonyl (C=O) groups excluding carboxylic acids is 2. The molecule has 5 heteroatoms. The molecule has 42 heavy (non-hydrogen) atoms. The van der Waals surface area contributed by atoms with Crippen molar-refractivity contribution in [3.63, 3.8) is 0 Å². The van der Waals surface area contributed by atoms with Gasteiger partial charge in [-0.1, -0.05) is 60.7 Å². The Morgan fingerprint density at radius 2 is 1.52 bits per heavy atom. The molecular weight excluding hydrogens is 520 g/mol. The number of Topliss-reactive ketones (excluding diaryl/α,β-unsaturated/α-hetero) is 1. The van der Waals surface area contributed by atoms with E-state index in [0.29, 0.717) is 17.9 Å². The lowest BCUT2D eigenvalue weighted by Crippen LogP contribution is -2.47. The number of nitrogens with one attached hydrogen (secondary N) is 2. The molecule has 0 radical (unpaired) electrons. The maximum atomic E-state index is 13.7. The first kappa shape index (κ1) is 27.7. The molecule has 0 unspecified atom stereocenters. The molecule has 1 amide bonds. The van der Waals surface area contributed by atoms with Crippen molar-refractivity contribution in [1.29, 1.82) is 0 Å². The maximum absolute atomic E-state index is 13.7. The fourth-order valence-electron chi connectivity index (χ4n) is 5.93. The highest BCUT2D eigenvalue weighted by Crippen LogP contribution is 2.24. The summed E-state index contributed by atoms with van der Waals surface area (Å²) in [7, 11) is 0. The summed E-state index contributed by atoms with van der Waals surface area (Å²) in [5.74, 6) is 0.710. The third kappa shape index (κ3) is 5.93. The summed E-state index contributed by atoms with van der Waals surface area (Å²) in [5.41, 5.74) is 4.48. The molecule has 4 aromatic rings. The Balaban J connectivity index is 1.14. The third-order valence-electron chi connectivity index (χ3n) is 8.16. The van der Waals surface area contributed by atoms with Gasteiger partial charge in [-0.25, -0.2) is 0 Å². The van der Waals surface area contributed by atoms with Gasteiger partial charge >= 0.3 is 0 Å². The SMILES string of the molecule is CC(C)(COc1ccccc1)NCC(=O)Nc1ccc(C(=O)C2=c3ccc4c(c3CCC2)CC=c2ccccc2=4)cc1. The Morgan fingerprint density at radius 3 is 2.33 bits per heavy atom. The van der Waals surface area contributed by atoms with Gasteiger partial charge in [0, 0.05) is 22.4 Å². The van der Waals surface area contributed by atoms with E-state index < -0.39 is 5.54 Å². The number of amides is 1. The van der Waals surface area contributed by atoms with Crippen LogP contribution in [0.25, 0.3) is 11.6 Å². The summed E-state index contributed by atoms with van der Waals surface area (Å²) in [6.45, 7) is 4.57. The lowest BCUT2D eigenvalue weighted by atomic mass is 9.84. The number of para-hydroxylation sites is 1. The first-order chi connectivity index (χ1) is 20.4. The van der Waals surface area contributed by atoms with Crippen molar-refractivity contribution in [2.24, 2.45) is 0 Å². The van der Waals surface area contributed by atoms with Crippen LogP contribution >= 0.6 is 0 Å².